The number of rotatable bonds is 5. The number of para-hydroxylation sites is 1. The number of aromatic nitrogens is 6. The van der Waals surface area contributed by atoms with Crippen LogP contribution >= 0.6 is 0 Å². The topological polar surface area (TPSA) is 124 Å². The molecule has 0 saturated heterocycles. The van der Waals surface area contributed by atoms with E-state index < -0.39 is 5.97 Å². The maximum atomic E-state index is 11.2. The minimum Gasteiger partial charge on any atom is -0.481 e. The maximum absolute atomic E-state index is 11.2. The molecule has 5 aromatic rings. The molecule has 3 N–H and O–H groups in total. The number of carboxylic acids is 1. The molecule has 0 atom stereocenters. The van der Waals surface area contributed by atoms with Crippen molar-refractivity contribution in [3.05, 3.63) is 60.7 Å². The molecule has 0 spiro atoms. The molecular formula is C27H27N7O2. The van der Waals surface area contributed by atoms with Crippen LogP contribution in [0.4, 0.5) is 5.82 Å². The van der Waals surface area contributed by atoms with Crippen molar-refractivity contribution in [2.75, 3.05) is 5.73 Å². The lowest BCUT2D eigenvalue weighted by molar-refractivity contribution is -0.138. The van der Waals surface area contributed by atoms with Gasteiger partial charge in [0.2, 0.25) is 0 Å². The number of fused-ring (bicyclic) bond motifs is 2. The first-order valence-electron chi connectivity index (χ1n) is 12.2. The van der Waals surface area contributed by atoms with E-state index in [2.05, 4.69) is 21.2 Å². The van der Waals surface area contributed by atoms with Crippen LogP contribution in [0.1, 0.15) is 43.7 Å². The van der Waals surface area contributed by atoms with E-state index in [1.54, 1.807) is 15.4 Å². The lowest BCUT2D eigenvalue weighted by atomic mass is 9.78. The molecule has 4 heterocycles. The zero-order valence-corrected chi connectivity index (χ0v) is 20.0. The van der Waals surface area contributed by atoms with Crippen LogP contribution in [0.2, 0.25) is 0 Å². The molecule has 4 aromatic heterocycles. The van der Waals surface area contributed by atoms with Gasteiger partial charge in [-0.15, -0.1) is 0 Å². The molecule has 0 amide bonds. The summed E-state index contributed by atoms with van der Waals surface area (Å²) in [5, 5.41) is 19.5. The van der Waals surface area contributed by atoms with Crippen LogP contribution in [0.5, 0.6) is 0 Å². The van der Waals surface area contributed by atoms with Gasteiger partial charge in [-0.2, -0.15) is 14.7 Å². The number of hydrogen-bond donors (Lipinski definition) is 2. The number of carboxylic acid groups (broad SMARTS) is 1. The molecule has 182 valence electrons. The number of benzene rings is 1. The number of anilines is 1. The fraction of sp³-hybridized carbons (Fsp3) is 0.296. The number of pyridine rings is 1. The van der Waals surface area contributed by atoms with Gasteiger partial charge in [-0.1, -0.05) is 18.2 Å². The molecule has 1 aliphatic rings. The number of carbonyl (C=O) groups is 1. The summed E-state index contributed by atoms with van der Waals surface area (Å²) in [6.07, 6.45) is 9.18. The van der Waals surface area contributed by atoms with Crippen molar-refractivity contribution in [3.63, 3.8) is 0 Å². The third-order valence-corrected chi connectivity index (χ3v) is 7.28. The number of nitrogens with zero attached hydrogens (tertiary/aromatic N) is 6. The van der Waals surface area contributed by atoms with Gasteiger partial charge in [0.05, 0.1) is 28.7 Å². The Hall–Kier alpha value is -4.27. The Morgan fingerprint density at radius 1 is 1.14 bits per heavy atom. The summed E-state index contributed by atoms with van der Waals surface area (Å²) in [4.78, 5) is 21.0. The van der Waals surface area contributed by atoms with Crippen LogP contribution in [0.3, 0.4) is 0 Å². The number of nitrogen functional groups attached to an aromatic ring is 1. The van der Waals surface area contributed by atoms with E-state index in [-0.39, 0.29) is 18.3 Å². The largest absolute Gasteiger partial charge is 0.481 e. The highest BCUT2D eigenvalue weighted by Crippen LogP contribution is 2.42. The summed E-state index contributed by atoms with van der Waals surface area (Å²) in [5.74, 6) is 0.134. The number of aryl methyl sites for hydroxylation is 1. The second kappa shape index (κ2) is 8.75. The fourth-order valence-electron chi connectivity index (χ4n) is 5.45. The van der Waals surface area contributed by atoms with Crippen LogP contribution in [0.25, 0.3) is 38.9 Å². The summed E-state index contributed by atoms with van der Waals surface area (Å²) in [7, 11) is 1.88. The molecule has 0 radical (unpaired) electrons. The number of nitrogens with two attached hydrogens (primary N) is 1. The molecule has 0 unspecified atom stereocenters. The lowest BCUT2D eigenvalue weighted by Crippen LogP contribution is -2.19. The first kappa shape index (κ1) is 22.2. The van der Waals surface area contributed by atoms with Crippen molar-refractivity contribution < 1.29 is 9.90 Å². The molecule has 9 heteroatoms. The summed E-state index contributed by atoms with van der Waals surface area (Å²) < 4.78 is 3.44. The van der Waals surface area contributed by atoms with Gasteiger partial charge in [0.1, 0.15) is 5.82 Å². The van der Waals surface area contributed by atoms with Crippen LogP contribution in [0, 0.1) is 5.92 Å². The Kier molecular flexibility index (Phi) is 5.40. The molecular weight excluding hydrogens is 454 g/mol. The lowest BCUT2D eigenvalue weighted by Gasteiger charge is -2.28. The molecule has 36 heavy (non-hydrogen) atoms. The SMILES string of the molecule is Cn1ccc(-c2c(C3CCC(CC(=O)O)CC3)nc3c(-c4cnc5ccccc5c4)cnn3c2N)n1. The molecule has 1 aromatic carbocycles. The Morgan fingerprint density at radius 2 is 1.94 bits per heavy atom. The van der Waals surface area contributed by atoms with Crippen molar-refractivity contribution in [2.24, 2.45) is 13.0 Å². The van der Waals surface area contributed by atoms with Gasteiger partial charge in [0.25, 0.3) is 0 Å². The zero-order valence-electron chi connectivity index (χ0n) is 20.0. The van der Waals surface area contributed by atoms with Gasteiger partial charge in [-0.05, 0) is 49.8 Å². The Labute approximate surface area is 207 Å². The van der Waals surface area contributed by atoms with Gasteiger partial charge in [0.15, 0.2) is 5.65 Å². The smallest absolute Gasteiger partial charge is 0.303 e. The normalized spacial score (nSPS) is 18.1. The molecule has 1 saturated carbocycles. The van der Waals surface area contributed by atoms with E-state index >= 15 is 0 Å². The summed E-state index contributed by atoms with van der Waals surface area (Å²) in [6, 6.07) is 12.0. The number of aliphatic carboxylic acids is 1. The van der Waals surface area contributed by atoms with E-state index in [9.17, 15) is 9.90 Å². The Bertz CT molecular complexity index is 1590. The van der Waals surface area contributed by atoms with Crippen LogP contribution in [-0.2, 0) is 11.8 Å². The van der Waals surface area contributed by atoms with Crippen LogP contribution in [-0.4, -0.2) is 40.4 Å². The van der Waals surface area contributed by atoms with E-state index in [4.69, 9.17) is 10.7 Å². The van der Waals surface area contributed by atoms with E-state index in [1.807, 2.05) is 49.8 Å². The van der Waals surface area contributed by atoms with Gasteiger partial charge in [0, 0.05) is 48.3 Å². The molecule has 9 nitrogen and oxygen atoms in total. The first-order valence-corrected chi connectivity index (χ1v) is 12.2. The second-order valence-corrected chi connectivity index (χ2v) is 9.66. The third-order valence-electron chi connectivity index (χ3n) is 7.28. The highest BCUT2D eigenvalue weighted by Gasteiger charge is 2.30. The summed E-state index contributed by atoms with van der Waals surface area (Å²) in [5.41, 5.74) is 12.6. The van der Waals surface area contributed by atoms with Crippen molar-refractivity contribution in [1.82, 2.24) is 29.4 Å². The minimum absolute atomic E-state index is 0.164. The maximum Gasteiger partial charge on any atom is 0.303 e. The van der Waals surface area contributed by atoms with E-state index in [1.165, 1.54) is 0 Å². The van der Waals surface area contributed by atoms with Crippen LogP contribution < -0.4 is 5.73 Å². The monoisotopic (exact) mass is 481 g/mol. The van der Waals surface area contributed by atoms with Crippen molar-refractivity contribution >= 4 is 28.3 Å². The highest BCUT2D eigenvalue weighted by atomic mass is 16.4. The molecule has 6 rings (SSSR count). The quantitative estimate of drug-likeness (QED) is 0.374. The minimum atomic E-state index is -0.732. The number of hydrogen-bond acceptors (Lipinski definition) is 6. The Balaban J connectivity index is 1.48. The van der Waals surface area contributed by atoms with Crippen molar-refractivity contribution in [2.45, 2.75) is 38.0 Å². The molecule has 1 aliphatic carbocycles. The summed E-state index contributed by atoms with van der Waals surface area (Å²) in [6.45, 7) is 0. The standard InChI is InChI=1S/C27H27N7O2/c1-33-11-10-22(32-33)24-25(17-8-6-16(7-9-17)12-23(35)36)31-27-20(15-30-34(27)26(24)28)19-13-18-4-2-3-5-21(18)29-14-19/h2-5,10-11,13-17H,6-9,12,28H2,1H3,(H,35,36). The van der Waals surface area contributed by atoms with E-state index in [0.717, 1.165) is 64.7 Å². The van der Waals surface area contributed by atoms with Crippen molar-refractivity contribution in [1.29, 1.82) is 0 Å². The Morgan fingerprint density at radius 3 is 2.69 bits per heavy atom. The fourth-order valence-corrected chi connectivity index (χ4v) is 5.45. The predicted molar refractivity (Wildman–Crippen MR) is 137 cm³/mol. The molecule has 1 fully saturated rings. The van der Waals surface area contributed by atoms with Crippen molar-refractivity contribution in [3.8, 4) is 22.4 Å². The van der Waals surface area contributed by atoms with E-state index in [0.29, 0.717) is 11.5 Å². The first-order chi connectivity index (χ1) is 17.5. The average Bonchev–Trinajstić information content (AvgIpc) is 3.50. The van der Waals surface area contributed by atoms with Gasteiger partial charge >= 0.3 is 5.97 Å². The average molecular weight is 482 g/mol. The van der Waals surface area contributed by atoms with Gasteiger partial charge < -0.3 is 10.8 Å². The molecule has 0 aliphatic heterocycles. The van der Waals surface area contributed by atoms with Gasteiger partial charge in [-0.25, -0.2) is 4.98 Å². The summed E-state index contributed by atoms with van der Waals surface area (Å²) >= 11 is 0. The van der Waals surface area contributed by atoms with Crippen LogP contribution in [0.15, 0.2) is 55.0 Å². The second-order valence-electron chi connectivity index (χ2n) is 9.66. The zero-order chi connectivity index (χ0) is 24.8. The molecule has 0 bridgehead atoms. The predicted octanol–water partition coefficient (Wildman–Crippen LogP) is 4.68. The highest BCUT2D eigenvalue weighted by molar-refractivity contribution is 5.88. The third kappa shape index (κ3) is 3.86. The van der Waals surface area contributed by atoms with Gasteiger partial charge in [-0.3, -0.25) is 14.5 Å².